The summed E-state index contributed by atoms with van der Waals surface area (Å²) in [6.07, 6.45) is 3.56. The fraction of sp³-hybridized carbons (Fsp3) is 0.294. The van der Waals surface area contributed by atoms with E-state index in [1.54, 1.807) is 17.5 Å². The van der Waals surface area contributed by atoms with Gasteiger partial charge < -0.3 is 9.80 Å². The molecule has 24 heavy (non-hydrogen) atoms. The predicted molar refractivity (Wildman–Crippen MR) is 96.5 cm³/mol. The van der Waals surface area contributed by atoms with Crippen molar-refractivity contribution < 1.29 is 0 Å². The highest BCUT2D eigenvalue weighted by molar-refractivity contribution is 7.13. The van der Waals surface area contributed by atoms with E-state index in [9.17, 15) is 0 Å². The number of aromatic nitrogens is 4. The van der Waals surface area contributed by atoms with Crippen LogP contribution in [0.1, 0.15) is 5.69 Å². The van der Waals surface area contributed by atoms with Gasteiger partial charge in [0.15, 0.2) is 5.82 Å². The summed E-state index contributed by atoms with van der Waals surface area (Å²) in [4.78, 5) is 15.1. The van der Waals surface area contributed by atoms with Gasteiger partial charge in [0.1, 0.15) is 5.82 Å². The Kier molecular flexibility index (Phi) is 4.08. The summed E-state index contributed by atoms with van der Waals surface area (Å²) in [5.74, 6) is 1.83. The summed E-state index contributed by atoms with van der Waals surface area (Å²) in [6.45, 7) is 5.79. The number of hydrogen-bond donors (Lipinski definition) is 0. The molecule has 0 bridgehead atoms. The third-order valence-electron chi connectivity index (χ3n) is 4.12. The fourth-order valence-electron chi connectivity index (χ4n) is 2.89. The number of nitrogens with zero attached hydrogens (tertiary/aromatic N) is 6. The Morgan fingerprint density at radius 3 is 2.54 bits per heavy atom. The topological polar surface area (TPSA) is 58.0 Å². The lowest BCUT2D eigenvalue weighted by atomic mass is 10.2. The second-order valence-corrected chi connectivity index (χ2v) is 6.69. The fourth-order valence-corrected chi connectivity index (χ4v) is 3.55. The average molecular weight is 338 g/mol. The van der Waals surface area contributed by atoms with E-state index in [0.29, 0.717) is 0 Å². The Bertz CT molecular complexity index is 797. The van der Waals surface area contributed by atoms with Gasteiger partial charge in [-0.3, -0.25) is 0 Å². The first-order valence-corrected chi connectivity index (χ1v) is 8.84. The second-order valence-electron chi connectivity index (χ2n) is 5.74. The standard InChI is InChI=1S/C17H18N6S/c1-13-11-16(21-17(20-13)15-3-2-10-24-15)23-8-6-22(7-9-23)14-4-5-18-19-12-14/h2-5,10-12H,6-9H2,1H3. The first-order valence-electron chi connectivity index (χ1n) is 7.96. The molecule has 0 aromatic carbocycles. The highest BCUT2D eigenvalue weighted by Crippen LogP contribution is 2.25. The van der Waals surface area contributed by atoms with E-state index in [0.717, 1.165) is 54.1 Å². The number of rotatable bonds is 3. The molecule has 7 heteroatoms. The van der Waals surface area contributed by atoms with Gasteiger partial charge in [-0.2, -0.15) is 10.2 Å². The third kappa shape index (κ3) is 3.07. The van der Waals surface area contributed by atoms with E-state index >= 15 is 0 Å². The monoisotopic (exact) mass is 338 g/mol. The lowest BCUT2D eigenvalue weighted by Crippen LogP contribution is -2.47. The minimum absolute atomic E-state index is 0.820. The van der Waals surface area contributed by atoms with Gasteiger partial charge in [-0.1, -0.05) is 6.07 Å². The number of hydrogen-bond acceptors (Lipinski definition) is 7. The van der Waals surface area contributed by atoms with Crippen molar-refractivity contribution in [2.75, 3.05) is 36.0 Å². The average Bonchev–Trinajstić information content (AvgIpc) is 3.17. The Morgan fingerprint density at radius 2 is 1.83 bits per heavy atom. The van der Waals surface area contributed by atoms with E-state index in [2.05, 4.69) is 42.5 Å². The molecular weight excluding hydrogens is 320 g/mol. The Morgan fingerprint density at radius 1 is 1.00 bits per heavy atom. The van der Waals surface area contributed by atoms with E-state index in [1.165, 1.54) is 0 Å². The molecular formula is C17H18N6S. The van der Waals surface area contributed by atoms with Crippen molar-refractivity contribution in [3.63, 3.8) is 0 Å². The smallest absolute Gasteiger partial charge is 0.171 e. The van der Waals surface area contributed by atoms with Crippen LogP contribution in [-0.4, -0.2) is 46.3 Å². The van der Waals surface area contributed by atoms with Crippen molar-refractivity contribution in [2.24, 2.45) is 0 Å². The van der Waals surface area contributed by atoms with Crippen LogP contribution in [-0.2, 0) is 0 Å². The molecule has 0 unspecified atom stereocenters. The van der Waals surface area contributed by atoms with Gasteiger partial charge in [0, 0.05) is 37.9 Å². The van der Waals surface area contributed by atoms with Gasteiger partial charge in [0.25, 0.3) is 0 Å². The van der Waals surface area contributed by atoms with Gasteiger partial charge in [-0.25, -0.2) is 9.97 Å². The van der Waals surface area contributed by atoms with E-state index in [1.807, 2.05) is 25.3 Å². The molecule has 3 aromatic rings. The molecule has 0 amide bonds. The normalized spacial score (nSPS) is 14.9. The van der Waals surface area contributed by atoms with Crippen molar-refractivity contribution >= 4 is 22.8 Å². The first kappa shape index (κ1) is 15.0. The molecule has 0 saturated carbocycles. The Hall–Kier alpha value is -2.54. The lowest BCUT2D eigenvalue weighted by molar-refractivity contribution is 0.645. The third-order valence-corrected chi connectivity index (χ3v) is 4.99. The maximum absolute atomic E-state index is 4.78. The molecule has 122 valence electrons. The second kappa shape index (κ2) is 6.52. The van der Waals surface area contributed by atoms with Crippen molar-refractivity contribution in [2.45, 2.75) is 6.92 Å². The Labute approximate surface area is 144 Å². The van der Waals surface area contributed by atoms with Gasteiger partial charge >= 0.3 is 0 Å². The quantitative estimate of drug-likeness (QED) is 0.732. The van der Waals surface area contributed by atoms with Gasteiger partial charge in [0.05, 0.1) is 23.0 Å². The largest absolute Gasteiger partial charge is 0.367 e. The molecule has 4 heterocycles. The Balaban J connectivity index is 1.51. The molecule has 1 aliphatic rings. The molecule has 1 saturated heterocycles. The van der Waals surface area contributed by atoms with Crippen molar-refractivity contribution in [1.82, 2.24) is 20.2 Å². The predicted octanol–water partition coefficient (Wildman–Crippen LogP) is 2.63. The minimum atomic E-state index is 0.820. The lowest BCUT2D eigenvalue weighted by Gasteiger charge is -2.36. The molecule has 0 radical (unpaired) electrons. The van der Waals surface area contributed by atoms with Gasteiger partial charge in [-0.05, 0) is 24.4 Å². The molecule has 6 nitrogen and oxygen atoms in total. The number of thiophene rings is 1. The summed E-state index contributed by atoms with van der Waals surface area (Å²) >= 11 is 1.67. The molecule has 0 atom stereocenters. The summed E-state index contributed by atoms with van der Waals surface area (Å²) < 4.78 is 0. The maximum atomic E-state index is 4.78. The van der Waals surface area contributed by atoms with E-state index < -0.39 is 0 Å². The number of piperazine rings is 1. The molecule has 1 aliphatic heterocycles. The van der Waals surface area contributed by atoms with Crippen LogP contribution < -0.4 is 9.80 Å². The zero-order chi connectivity index (χ0) is 16.4. The minimum Gasteiger partial charge on any atom is -0.367 e. The van der Waals surface area contributed by atoms with Crippen LogP contribution in [0.5, 0.6) is 0 Å². The van der Waals surface area contributed by atoms with Gasteiger partial charge in [-0.15, -0.1) is 11.3 Å². The van der Waals surface area contributed by atoms with Crippen LogP contribution in [0.3, 0.4) is 0 Å². The molecule has 4 rings (SSSR count). The van der Waals surface area contributed by atoms with E-state index in [-0.39, 0.29) is 0 Å². The van der Waals surface area contributed by atoms with Crippen LogP contribution in [0.4, 0.5) is 11.5 Å². The summed E-state index contributed by atoms with van der Waals surface area (Å²) in [7, 11) is 0. The first-order chi connectivity index (χ1) is 11.8. The van der Waals surface area contributed by atoms with Crippen LogP contribution in [0.15, 0.2) is 42.0 Å². The van der Waals surface area contributed by atoms with Crippen molar-refractivity contribution in [1.29, 1.82) is 0 Å². The summed E-state index contributed by atoms with van der Waals surface area (Å²) in [5, 5.41) is 9.87. The van der Waals surface area contributed by atoms with Crippen LogP contribution in [0, 0.1) is 6.92 Å². The summed E-state index contributed by atoms with van der Waals surface area (Å²) in [5.41, 5.74) is 2.13. The van der Waals surface area contributed by atoms with Crippen molar-refractivity contribution in [3.8, 4) is 10.7 Å². The summed E-state index contributed by atoms with van der Waals surface area (Å²) in [6, 6.07) is 8.18. The van der Waals surface area contributed by atoms with Crippen LogP contribution in [0.2, 0.25) is 0 Å². The van der Waals surface area contributed by atoms with Crippen molar-refractivity contribution in [3.05, 3.63) is 47.7 Å². The SMILES string of the molecule is Cc1cc(N2CCN(c3ccnnc3)CC2)nc(-c2cccs2)n1. The van der Waals surface area contributed by atoms with Gasteiger partial charge in [0.2, 0.25) is 0 Å². The number of aryl methyl sites for hydroxylation is 1. The highest BCUT2D eigenvalue weighted by atomic mass is 32.1. The molecule has 1 fully saturated rings. The van der Waals surface area contributed by atoms with Crippen LogP contribution >= 0.6 is 11.3 Å². The molecule has 0 N–H and O–H groups in total. The van der Waals surface area contributed by atoms with Crippen LogP contribution in [0.25, 0.3) is 10.7 Å². The number of anilines is 2. The molecule has 0 spiro atoms. The zero-order valence-corrected chi connectivity index (χ0v) is 14.3. The van der Waals surface area contributed by atoms with E-state index in [4.69, 9.17) is 4.98 Å². The molecule has 0 aliphatic carbocycles. The molecule has 3 aromatic heterocycles. The zero-order valence-electron chi connectivity index (χ0n) is 13.5. The highest BCUT2D eigenvalue weighted by Gasteiger charge is 2.19. The maximum Gasteiger partial charge on any atom is 0.171 e.